The van der Waals surface area contributed by atoms with Crippen LogP contribution in [-0.4, -0.2) is 17.8 Å². The average Bonchev–Trinajstić information content (AvgIpc) is 2.59. The second kappa shape index (κ2) is 5.48. The molecule has 0 saturated heterocycles. The van der Waals surface area contributed by atoms with Gasteiger partial charge in [0.15, 0.2) is 0 Å². The molecule has 0 radical (unpaired) electrons. The molecule has 3 nitrogen and oxygen atoms in total. The number of nitrogens with one attached hydrogen (secondary N) is 1. The highest BCUT2D eigenvalue weighted by Crippen LogP contribution is 2.08. The van der Waals surface area contributed by atoms with Gasteiger partial charge in [-0.25, -0.2) is 0 Å². The Morgan fingerprint density at radius 1 is 1.71 bits per heavy atom. The van der Waals surface area contributed by atoms with Crippen LogP contribution < -0.4 is 5.32 Å². The number of aliphatic hydroxyl groups excluding tert-OH is 1. The van der Waals surface area contributed by atoms with Crippen LogP contribution in [0.25, 0.3) is 0 Å². The van der Waals surface area contributed by atoms with E-state index < -0.39 is 0 Å². The second-order valence-corrected chi connectivity index (χ2v) is 3.17. The maximum atomic E-state index is 8.97. The van der Waals surface area contributed by atoms with E-state index in [0.29, 0.717) is 13.0 Å². The predicted molar refractivity (Wildman–Crippen MR) is 54.6 cm³/mol. The highest BCUT2D eigenvalue weighted by molar-refractivity contribution is 5.15. The van der Waals surface area contributed by atoms with Gasteiger partial charge in [-0.3, -0.25) is 0 Å². The van der Waals surface area contributed by atoms with Crippen molar-refractivity contribution in [1.82, 2.24) is 5.32 Å². The summed E-state index contributed by atoms with van der Waals surface area (Å²) < 4.78 is 5.15. The molecule has 0 aliphatic rings. The molecule has 0 saturated carbocycles. The topological polar surface area (TPSA) is 45.4 Å². The van der Waals surface area contributed by atoms with Crippen molar-refractivity contribution in [3.63, 3.8) is 0 Å². The Labute approximate surface area is 84.1 Å². The molecule has 1 rings (SSSR count). The molecule has 76 valence electrons. The van der Waals surface area contributed by atoms with Crippen LogP contribution in [0.1, 0.15) is 17.7 Å². The summed E-state index contributed by atoms with van der Waals surface area (Å²) in [6.07, 6.45) is 7.35. The van der Waals surface area contributed by atoms with Crippen molar-refractivity contribution in [1.29, 1.82) is 0 Å². The quantitative estimate of drug-likeness (QED) is 0.687. The fourth-order valence-electron chi connectivity index (χ4n) is 1.19. The van der Waals surface area contributed by atoms with E-state index >= 15 is 0 Å². The summed E-state index contributed by atoms with van der Waals surface area (Å²) in [7, 11) is 0. The standard InChI is InChI=1S/C11H15NO2/c1-3-4-11(8-13)12-7-10-5-6-14-9(10)2/h1,5-6,11-13H,4,7-8H2,2H3. The van der Waals surface area contributed by atoms with Gasteiger partial charge in [-0.1, -0.05) is 0 Å². The van der Waals surface area contributed by atoms with Crippen molar-refractivity contribution in [2.75, 3.05) is 6.61 Å². The van der Waals surface area contributed by atoms with E-state index in [4.69, 9.17) is 15.9 Å². The molecule has 1 aromatic rings. The Morgan fingerprint density at radius 2 is 2.50 bits per heavy atom. The van der Waals surface area contributed by atoms with E-state index in [2.05, 4.69) is 11.2 Å². The third-order valence-electron chi connectivity index (χ3n) is 2.13. The maximum Gasteiger partial charge on any atom is 0.105 e. The molecule has 2 N–H and O–H groups in total. The summed E-state index contributed by atoms with van der Waals surface area (Å²) in [4.78, 5) is 0. The zero-order valence-electron chi connectivity index (χ0n) is 8.29. The summed E-state index contributed by atoms with van der Waals surface area (Å²) in [5.41, 5.74) is 1.10. The van der Waals surface area contributed by atoms with Gasteiger partial charge in [0.05, 0.1) is 12.9 Å². The first kappa shape index (κ1) is 10.8. The van der Waals surface area contributed by atoms with Crippen LogP contribution >= 0.6 is 0 Å². The van der Waals surface area contributed by atoms with Crippen LogP contribution in [0.2, 0.25) is 0 Å². The zero-order valence-corrected chi connectivity index (χ0v) is 8.29. The van der Waals surface area contributed by atoms with Gasteiger partial charge in [-0.15, -0.1) is 12.3 Å². The lowest BCUT2D eigenvalue weighted by Crippen LogP contribution is -2.31. The average molecular weight is 193 g/mol. The molecule has 0 fully saturated rings. The van der Waals surface area contributed by atoms with Crippen molar-refractivity contribution >= 4 is 0 Å². The molecular formula is C11H15NO2. The van der Waals surface area contributed by atoms with Crippen molar-refractivity contribution in [2.45, 2.75) is 25.9 Å². The molecule has 1 atom stereocenters. The smallest absolute Gasteiger partial charge is 0.105 e. The van der Waals surface area contributed by atoms with Gasteiger partial charge in [-0.2, -0.15) is 0 Å². The first-order chi connectivity index (χ1) is 6.77. The maximum absolute atomic E-state index is 8.97. The Morgan fingerprint density at radius 3 is 3.00 bits per heavy atom. The number of aryl methyl sites for hydroxylation is 1. The van der Waals surface area contributed by atoms with Crippen LogP contribution in [0.5, 0.6) is 0 Å². The molecule has 0 aliphatic carbocycles. The lowest BCUT2D eigenvalue weighted by atomic mass is 10.2. The van der Waals surface area contributed by atoms with Crippen molar-refractivity contribution in [3.8, 4) is 12.3 Å². The van der Waals surface area contributed by atoms with E-state index in [-0.39, 0.29) is 12.6 Å². The van der Waals surface area contributed by atoms with E-state index in [9.17, 15) is 0 Å². The molecular weight excluding hydrogens is 178 g/mol. The molecule has 3 heteroatoms. The minimum atomic E-state index is -0.0331. The Hall–Kier alpha value is -1.24. The molecule has 1 heterocycles. The largest absolute Gasteiger partial charge is 0.469 e. The van der Waals surface area contributed by atoms with Gasteiger partial charge in [0.2, 0.25) is 0 Å². The molecule has 14 heavy (non-hydrogen) atoms. The number of hydrogen-bond donors (Lipinski definition) is 2. The van der Waals surface area contributed by atoms with Gasteiger partial charge in [0.1, 0.15) is 5.76 Å². The lowest BCUT2D eigenvalue weighted by Gasteiger charge is -2.12. The second-order valence-electron chi connectivity index (χ2n) is 3.17. The SMILES string of the molecule is C#CCC(CO)NCc1ccoc1C. The van der Waals surface area contributed by atoms with Crippen molar-refractivity contribution in [3.05, 3.63) is 23.7 Å². The summed E-state index contributed by atoms with van der Waals surface area (Å²) in [5.74, 6) is 3.42. The number of aliphatic hydroxyl groups is 1. The van der Waals surface area contributed by atoms with Crippen LogP contribution in [0.4, 0.5) is 0 Å². The summed E-state index contributed by atoms with van der Waals surface area (Å²) >= 11 is 0. The van der Waals surface area contributed by atoms with Gasteiger partial charge in [0.25, 0.3) is 0 Å². The lowest BCUT2D eigenvalue weighted by molar-refractivity contribution is 0.243. The fraction of sp³-hybridized carbons (Fsp3) is 0.455. The summed E-state index contributed by atoms with van der Waals surface area (Å²) in [6, 6.07) is 1.88. The molecule has 0 bridgehead atoms. The molecule has 0 amide bonds. The molecule has 0 aromatic carbocycles. The Bertz CT molecular complexity index is 311. The minimum absolute atomic E-state index is 0.0331. The highest BCUT2D eigenvalue weighted by Gasteiger charge is 2.06. The Kier molecular flexibility index (Phi) is 4.24. The van der Waals surface area contributed by atoms with Gasteiger partial charge < -0.3 is 14.8 Å². The van der Waals surface area contributed by atoms with Crippen molar-refractivity contribution < 1.29 is 9.52 Å². The van der Waals surface area contributed by atoms with Crippen LogP contribution in [0.3, 0.4) is 0 Å². The monoisotopic (exact) mass is 193 g/mol. The minimum Gasteiger partial charge on any atom is -0.469 e. The van der Waals surface area contributed by atoms with Gasteiger partial charge in [0, 0.05) is 24.6 Å². The number of rotatable bonds is 5. The summed E-state index contributed by atoms with van der Waals surface area (Å²) in [5, 5.41) is 12.1. The fourth-order valence-corrected chi connectivity index (χ4v) is 1.19. The first-order valence-corrected chi connectivity index (χ1v) is 4.58. The molecule has 1 unspecified atom stereocenters. The number of terminal acetylenes is 1. The van der Waals surface area contributed by atoms with Gasteiger partial charge >= 0.3 is 0 Å². The highest BCUT2D eigenvalue weighted by atomic mass is 16.3. The number of furan rings is 1. The third-order valence-corrected chi connectivity index (χ3v) is 2.13. The zero-order chi connectivity index (χ0) is 10.4. The molecule has 0 aliphatic heterocycles. The molecule has 1 aromatic heterocycles. The van der Waals surface area contributed by atoms with E-state index in [1.165, 1.54) is 0 Å². The van der Waals surface area contributed by atoms with Gasteiger partial charge in [-0.05, 0) is 13.0 Å². The van der Waals surface area contributed by atoms with Crippen molar-refractivity contribution in [2.24, 2.45) is 0 Å². The van der Waals surface area contributed by atoms with Crippen LogP contribution in [0.15, 0.2) is 16.7 Å². The van der Waals surface area contributed by atoms with E-state index in [1.54, 1.807) is 6.26 Å². The van der Waals surface area contributed by atoms with Crippen LogP contribution in [0, 0.1) is 19.3 Å². The predicted octanol–water partition coefficient (Wildman–Crippen LogP) is 1.06. The number of hydrogen-bond acceptors (Lipinski definition) is 3. The van der Waals surface area contributed by atoms with Crippen LogP contribution in [-0.2, 0) is 6.54 Å². The third kappa shape index (κ3) is 2.91. The normalized spacial score (nSPS) is 12.4. The first-order valence-electron chi connectivity index (χ1n) is 4.58. The Balaban J connectivity index is 2.40. The summed E-state index contributed by atoms with van der Waals surface area (Å²) in [6.45, 7) is 2.64. The van der Waals surface area contributed by atoms with E-state index in [0.717, 1.165) is 11.3 Å². The molecule has 0 spiro atoms. The van der Waals surface area contributed by atoms with E-state index in [1.807, 2.05) is 13.0 Å².